The van der Waals surface area contributed by atoms with Crippen molar-refractivity contribution in [2.75, 3.05) is 26.4 Å². The second-order valence-corrected chi connectivity index (χ2v) is 5.39. The Kier molecular flexibility index (Phi) is 4.12. The number of esters is 1. The van der Waals surface area contributed by atoms with Crippen LogP contribution >= 0.6 is 0 Å². The van der Waals surface area contributed by atoms with Crippen molar-refractivity contribution >= 4 is 11.7 Å². The Bertz CT molecular complexity index is 473. The summed E-state index contributed by atoms with van der Waals surface area (Å²) >= 11 is 0. The van der Waals surface area contributed by atoms with Gasteiger partial charge >= 0.3 is 5.97 Å². The fourth-order valence-electron chi connectivity index (χ4n) is 2.64. The van der Waals surface area contributed by atoms with Crippen LogP contribution in [0.5, 0.6) is 0 Å². The van der Waals surface area contributed by atoms with Crippen molar-refractivity contribution in [3.8, 4) is 0 Å². The van der Waals surface area contributed by atoms with Crippen LogP contribution < -0.4 is 5.43 Å². The fourth-order valence-corrected chi connectivity index (χ4v) is 2.64. The van der Waals surface area contributed by atoms with Gasteiger partial charge in [0.25, 0.3) is 0 Å². The van der Waals surface area contributed by atoms with Crippen LogP contribution in [0.3, 0.4) is 0 Å². The number of aliphatic hydroxyl groups excluding tert-OH is 1. The van der Waals surface area contributed by atoms with Crippen LogP contribution in [-0.4, -0.2) is 54.3 Å². The molecule has 1 aliphatic carbocycles. The Labute approximate surface area is 123 Å². The maximum atomic E-state index is 12.1. The van der Waals surface area contributed by atoms with Gasteiger partial charge in [-0.15, -0.1) is 0 Å². The summed E-state index contributed by atoms with van der Waals surface area (Å²) in [6.07, 6.45) is 3.85. The zero-order chi connectivity index (χ0) is 14.8. The smallest absolute Gasteiger partial charge is 0.314 e. The molecule has 0 aromatic heterocycles. The van der Waals surface area contributed by atoms with Gasteiger partial charge in [0.05, 0.1) is 13.2 Å². The first-order valence-electron chi connectivity index (χ1n) is 7.47. The first-order chi connectivity index (χ1) is 10.2. The van der Waals surface area contributed by atoms with Crippen molar-refractivity contribution in [1.82, 2.24) is 10.4 Å². The van der Waals surface area contributed by atoms with E-state index < -0.39 is 0 Å². The van der Waals surface area contributed by atoms with Gasteiger partial charge in [0, 0.05) is 24.3 Å². The highest BCUT2D eigenvalue weighted by atomic mass is 16.5. The molecule has 1 saturated heterocycles. The predicted molar refractivity (Wildman–Crippen MR) is 75.0 cm³/mol. The Morgan fingerprint density at radius 2 is 2.38 bits per heavy atom. The average Bonchev–Trinajstić information content (AvgIpc) is 3.24. The minimum Gasteiger partial charge on any atom is -0.476 e. The number of carbonyl (C=O) groups is 1. The van der Waals surface area contributed by atoms with Gasteiger partial charge in [0.15, 0.2) is 6.17 Å². The molecule has 0 aromatic rings. The van der Waals surface area contributed by atoms with Gasteiger partial charge in [-0.05, 0) is 19.8 Å². The largest absolute Gasteiger partial charge is 0.476 e. The number of ether oxygens (including phenoxy) is 2. The molecule has 3 rings (SSSR count). The molecule has 3 aliphatic rings. The number of aliphatic imine (C=N–C) groups is 1. The van der Waals surface area contributed by atoms with Crippen LogP contribution in [0.2, 0.25) is 0 Å². The lowest BCUT2D eigenvalue weighted by Gasteiger charge is -2.30. The standard InChI is InChI=1S/C14H21N3O4/c1-2-20-14(19)10-8-15-17-12(21-6-5-18)7-11(9-3-4-9)16-13(10)17/h7,9-10,13,15,18H,2-6,8H2,1H3. The molecule has 0 bridgehead atoms. The number of nitrogens with one attached hydrogen (secondary N) is 1. The molecule has 0 spiro atoms. The number of carbonyl (C=O) groups excluding carboxylic acids is 1. The first kappa shape index (κ1) is 14.3. The molecule has 2 atom stereocenters. The van der Waals surface area contributed by atoms with Crippen LogP contribution in [-0.2, 0) is 14.3 Å². The van der Waals surface area contributed by atoms with Crippen LogP contribution in [0.4, 0.5) is 0 Å². The van der Waals surface area contributed by atoms with Gasteiger partial charge in [-0.25, -0.2) is 5.43 Å². The lowest BCUT2D eigenvalue weighted by Crippen LogP contribution is -2.42. The predicted octanol–water partition coefficient (Wildman–Crippen LogP) is 0.0269. The Balaban J connectivity index is 1.79. The number of hydrogen-bond acceptors (Lipinski definition) is 7. The molecule has 0 amide bonds. The van der Waals surface area contributed by atoms with E-state index in [0.717, 1.165) is 18.6 Å². The van der Waals surface area contributed by atoms with E-state index in [9.17, 15) is 4.79 Å². The number of hydrogen-bond donors (Lipinski definition) is 2. The topological polar surface area (TPSA) is 83.4 Å². The van der Waals surface area contributed by atoms with Crippen LogP contribution in [0.25, 0.3) is 0 Å². The summed E-state index contributed by atoms with van der Waals surface area (Å²) in [6.45, 7) is 2.81. The maximum absolute atomic E-state index is 12.1. The lowest BCUT2D eigenvalue weighted by molar-refractivity contribution is -0.148. The van der Waals surface area contributed by atoms with Crippen LogP contribution in [0.15, 0.2) is 17.0 Å². The van der Waals surface area contributed by atoms with E-state index in [0.29, 0.717) is 25.0 Å². The average molecular weight is 295 g/mol. The van der Waals surface area contributed by atoms with E-state index >= 15 is 0 Å². The normalized spacial score (nSPS) is 27.8. The number of fused-ring (bicyclic) bond motifs is 1. The second kappa shape index (κ2) is 6.03. The molecule has 21 heavy (non-hydrogen) atoms. The zero-order valence-electron chi connectivity index (χ0n) is 12.1. The van der Waals surface area contributed by atoms with Crippen LogP contribution in [0.1, 0.15) is 19.8 Å². The highest BCUT2D eigenvalue weighted by Crippen LogP contribution is 2.36. The molecule has 2 unspecified atom stereocenters. The second-order valence-electron chi connectivity index (χ2n) is 5.39. The van der Waals surface area contributed by atoms with Crippen molar-refractivity contribution in [3.05, 3.63) is 12.0 Å². The minimum absolute atomic E-state index is 0.0486. The summed E-state index contributed by atoms with van der Waals surface area (Å²) in [6, 6.07) is 0. The van der Waals surface area contributed by atoms with Crippen molar-refractivity contribution in [2.24, 2.45) is 16.8 Å². The molecular formula is C14H21N3O4. The molecule has 2 heterocycles. The Morgan fingerprint density at radius 3 is 3.05 bits per heavy atom. The van der Waals surface area contributed by atoms with E-state index in [1.165, 1.54) is 0 Å². The number of allylic oxidation sites excluding steroid dienone is 1. The van der Waals surface area contributed by atoms with Gasteiger partial charge in [-0.1, -0.05) is 0 Å². The summed E-state index contributed by atoms with van der Waals surface area (Å²) in [5, 5.41) is 10.7. The molecule has 2 aliphatic heterocycles. The molecule has 2 N–H and O–H groups in total. The number of nitrogens with zero attached hydrogens (tertiary/aromatic N) is 2. The summed E-state index contributed by atoms with van der Waals surface area (Å²) in [5.74, 6) is 0.529. The summed E-state index contributed by atoms with van der Waals surface area (Å²) in [7, 11) is 0. The zero-order valence-corrected chi connectivity index (χ0v) is 12.1. The van der Waals surface area contributed by atoms with Gasteiger partial charge in [-0.3, -0.25) is 14.8 Å². The molecule has 1 saturated carbocycles. The summed E-state index contributed by atoms with van der Waals surface area (Å²) in [5.41, 5.74) is 4.13. The molecule has 7 nitrogen and oxygen atoms in total. The van der Waals surface area contributed by atoms with Crippen molar-refractivity contribution in [2.45, 2.75) is 25.9 Å². The number of hydrazine groups is 1. The highest BCUT2D eigenvalue weighted by Gasteiger charge is 2.44. The van der Waals surface area contributed by atoms with Crippen molar-refractivity contribution < 1.29 is 19.4 Å². The van der Waals surface area contributed by atoms with E-state index in [1.807, 2.05) is 6.08 Å². The van der Waals surface area contributed by atoms with E-state index in [-0.39, 0.29) is 31.3 Å². The van der Waals surface area contributed by atoms with E-state index in [4.69, 9.17) is 19.6 Å². The van der Waals surface area contributed by atoms with Gasteiger partial charge in [0.2, 0.25) is 5.88 Å². The van der Waals surface area contributed by atoms with Crippen molar-refractivity contribution in [3.63, 3.8) is 0 Å². The molecule has 0 radical (unpaired) electrons. The minimum atomic E-state index is -0.333. The number of aliphatic hydroxyl groups is 1. The van der Waals surface area contributed by atoms with E-state index in [1.54, 1.807) is 11.9 Å². The molecule has 0 aromatic carbocycles. The van der Waals surface area contributed by atoms with Gasteiger partial charge in [-0.2, -0.15) is 0 Å². The molecular weight excluding hydrogens is 274 g/mol. The third kappa shape index (κ3) is 2.89. The summed E-state index contributed by atoms with van der Waals surface area (Å²) < 4.78 is 10.7. The monoisotopic (exact) mass is 295 g/mol. The molecule has 116 valence electrons. The lowest BCUT2D eigenvalue weighted by atomic mass is 10.1. The fraction of sp³-hybridized carbons (Fsp3) is 0.714. The van der Waals surface area contributed by atoms with Gasteiger partial charge in [0.1, 0.15) is 12.5 Å². The summed E-state index contributed by atoms with van der Waals surface area (Å²) in [4.78, 5) is 16.8. The Morgan fingerprint density at radius 1 is 1.57 bits per heavy atom. The van der Waals surface area contributed by atoms with E-state index in [2.05, 4.69) is 5.43 Å². The SMILES string of the molecule is CCOC(=O)C1CNN2C(OCCO)=CC(C3CC3)=NC12. The van der Waals surface area contributed by atoms with Gasteiger partial charge < -0.3 is 14.6 Å². The third-order valence-electron chi connectivity index (χ3n) is 3.82. The highest BCUT2D eigenvalue weighted by molar-refractivity contribution is 5.99. The van der Waals surface area contributed by atoms with Crippen LogP contribution in [0, 0.1) is 11.8 Å². The molecule has 2 fully saturated rings. The third-order valence-corrected chi connectivity index (χ3v) is 3.82. The number of rotatable bonds is 6. The maximum Gasteiger partial charge on any atom is 0.314 e. The Hall–Kier alpha value is -1.60. The molecule has 7 heteroatoms. The first-order valence-corrected chi connectivity index (χ1v) is 7.47. The quantitative estimate of drug-likeness (QED) is 0.673. The van der Waals surface area contributed by atoms with Crippen molar-refractivity contribution in [1.29, 1.82) is 0 Å².